The Balaban J connectivity index is 2.24. The van der Waals surface area contributed by atoms with Gasteiger partial charge in [-0.05, 0) is 11.5 Å². The molecule has 0 bridgehead atoms. The minimum Gasteiger partial charge on any atom is -0.395 e. The van der Waals surface area contributed by atoms with E-state index in [4.69, 9.17) is 16.7 Å². The van der Waals surface area contributed by atoms with Gasteiger partial charge in [-0.3, -0.25) is 0 Å². The van der Waals surface area contributed by atoms with Crippen LogP contribution in [0.2, 0.25) is 5.15 Å². The van der Waals surface area contributed by atoms with Gasteiger partial charge in [0, 0.05) is 18.7 Å². The molecule has 0 aliphatic carbocycles. The van der Waals surface area contributed by atoms with Crippen molar-refractivity contribution in [2.45, 2.75) is 32.9 Å². The van der Waals surface area contributed by atoms with Crippen LogP contribution in [0.4, 0.5) is 0 Å². The number of hydrogen-bond acceptors (Lipinski definition) is 3. The number of aliphatic hydroxyl groups is 1. The van der Waals surface area contributed by atoms with E-state index in [1.165, 1.54) is 5.56 Å². The van der Waals surface area contributed by atoms with E-state index in [1.54, 1.807) is 0 Å². The van der Waals surface area contributed by atoms with Crippen molar-refractivity contribution in [1.29, 1.82) is 0 Å². The first-order valence-electron chi connectivity index (χ1n) is 7.24. The van der Waals surface area contributed by atoms with E-state index in [0.717, 1.165) is 11.3 Å². The van der Waals surface area contributed by atoms with Gasteiger partial charge in [-0.25, -0.2) is 4.68 Å². The molecule has 4 nitrogen and oxygen atoms in total. The maximum Gasteiger partial charge on any atom is 0.132 e. The van der Waals surface area contributed by atoms with Gasteiger partial charge >= 0.3 is 0 Å². The molecular weight excluding hydrogens is 286 g/mol. The lowest BCUT2D eigenvalue weighted by atomic mass is 10.1. The smallest absolute Gasteiger partial charge is 0.132 e. The van der Waals surface area contributed by atoms with E-state index in [9.17, 15) is 0 Å². The third-order valence-corrected chi connectivity index (χ3v) is 3.75. The van der Waals surface area contributed by atoms with Gasteiger partial charge in [-0.2, -0.15) is 5.10 Å². The van der Waals surface area contributed by atoms with Crippen LogP contribution in [-0.4, -0.2) is 28.0 Å². The van der Waals surface area contributed by atoms with Gasteiger partial charge in [0.2, 0.25) is 0 Å². The highest BCUT2D eigenvalue weighted by Gasteiger charge is 2.18. The van der Waals surface area contributed by atoms with Crippen molar-refractivity contribution in [3.63, 3.8) is 0 Å². The van der Waals surface area contributed by atoms with Crippen molar-refractivity contribution < 1.29 is 5.11 Å². The lowest BCUT2D eigenvalue weighted by Crippen LogP contribution is -2.18. The summed E-state index contributed by atoms with van der Waals surface area (Å²) in [6, 6.07) is 10.2. The van der Waals surface area contributed by atoms with Crippen LogP contribution < -0.4 is 5.32 Å². The predicted molar refractivity (Wildman–Crippen MR) is 85.7 cm³/mol. The second kappa shape index (κ2) is 7.59. The molecule has 0 unspecified atom stereocenters. The summed E-state index contributed by atoms with van der Waals surface area (Å²) in [6.45, 7) is 6.19. The topological polar surface area (TPSA) is 50.1 Å². The molecule has 0 saturated carbocycles. The van der Waals surface area contributed by atoms with Crippen molar-refractivity contribution in [2.24, 2.45) is 0 Å². The van der Waals surface area contributed by atoms with Gasteiger partial charge in [0.05, 0.1) is 18.8 Å². The van der Waals surface area contributed by atoms with Crippen molar-refractivity contribution in [3.05, 3.63) is 52.3 Å². The SMILES string of the molecule is CC(C)c1nn(Cc2ccccc2)c(Cl)c1CNCCO. The monoisotopic (exact) mass is 307 g/mol. The Bertz CT molecular complexity index is 566. The molecule has 2 rings (SSSR count). The highest BCUT2D eigenvalue weighted by Crippen LogP contribution is 2.26. The van der Waals surface area contributed by atoms with Gasteiger partial charge in [-0.1, -0.05) is 55.8 Å². The highest BCUT2D eigenvalue weighted by atomic mass is 35.5. The number of hydrogen-bond donors (Lipinski definition) is 2. The molecule has 21 heavy (non-hydrogen) atoms. The molecule has 0 amide bonds. The standard InChI is InChI=1S/C16H22ClN3O/c1-12(2)15-14(10-18-8-9-21)16(17)20(19-15)11-13-6-4-3-5-7-13/h3-7,12,18,21H,8-11H2,1-2H3. The van der Waals surface area contributed by atoms with Crippen LogP contribution in [0.5, 0.6) is 0 Å². The van der Waals surface area contributed by atoms with Crippen LogP contribution in [0.1, 0.15) is 36.6 Å². The zero-order valence-corrected chi connectivity index (χ0v) is 13.3. The fourth-order valence-electron chi connectivity index (χ4n) is 2.28. The predicted octanol–water partition coefficient (Wildman–Crippen LogP) is 2.79. The Morgan fingerprint density at radius 2 is 2.00 bits per heavy atom. The van der Waals surface area contributed by atoms with Gasteiger partial charge < -0.3 is 10.4 Å². The number of halogens is 1. The molecule has 114 valence electrons. The molecule has 1 aromatic heterocycles. The maximum atomic E-state index is 8.88. The zero-order chi connectivity index (χ0) is 15.2. The first-order chi connectivity index (χ1) is 10.1. The quantitative estimate of drug-likeness (QED) is 0.773. The van der Waals surface area contributed by atoms with Crippen LogP contribution in [0.3, 0.4) is 0 Å². The molecule has 2 N–H and O–H groups in total. The summed E-state index contributed by atoms with van der Waals surface area (Å²) in [6.07, 6.45) is 0. The number of aliphatic hydroxyl groups excluding tert-OH is 1. The fraction of sp³-hybridized carbons (Fsp3) is 0.438. The highest BCUT2D eigenvalue weighted by molar-refractivity contribution is 6.30. The molecule has 5 heteroatoms. The second-order valence-electron chi connectivity index (χ2n) is 5.35. The normalized spacial score (nSPS) is 11.3. The molecule has 0 saturated heterocycles. The summed E-state index contributed by atoms with van der Waals surface area (Å²) in [7, 11) is 0. The second-order valence-corrected chi connectivity index (χ2v) is 5.71. The zero-order valence-electron chi connectivity index (χ0n) is 12.5. The first kappa shape index (κ1) is 16.0. The van der Waals surface area contributed by atoms with E-state index in [0.29, 0.717) is 30.7 Å². The number of rotatable bonds is 7. The summed E-state index contributed by atoms with van der Waals surface area (Å²) in [5.41, 5.74) is 3.21. The average Bonchev–Trinajstić information content (AvgIpc) is 2.78. The number of benzene rings is 1. The minimum absolute atomic E-state index is 0.118. The summed E-state index contributed by atoms with van der Waals surface area (Å²) < 4.78 is 1.85. The van der Waals surface area contributed by atoms with Crippen molar-refractivity contribution in [1.82, 2.24) is 15.1 Å². The number of aromatic nitrogens is 2. The molecule has 1 aromatic carbocycles. The van der Waals surface area contributed by atoms with E-state index in [1.807, 2.05) is 22.9 Å². The Labute approximate surface area is 130 Å². The summed E-state index contributed by atoms with van der Waals surface area (Å²) in [4.78, 5) is 0. The minimum atomic E-state index is 0.118. The van der Waals surface area contributed by atoms with Crippen LogP contribution in [0.15, 0.2) is 30.3 Å². The Hall–Kier alpha value is -1.36. The van der Waals surface area contributed by atoms with Crippen LogP contribution in [0, 0.1) is 0 Å². The number of nitrogens with one attached hydrogen (secondary N) is 1. The molecule has 0 aliphatic heterocycles. The lowest BCUT2D eigenvalue weighted by molar-refractivity contribution is 0.292. The van der Waals surface area contributed by atoms with E-state index >= 15 is 0 Å². The van der Waals surface area contributed by atoms with Crippen LogP contribution in [0.25, 0.3) is 0 Å². The summed E-state index contributed by atoms with van der Waals surface area (Å²) in [5.74, 6) is 0.311. The first-order valence-corrected chi connectivity index (χ1v) is 7.61. The van der Waals surface area contributed by atoms with Crippen molar-refractivity contribution in [2.75, 3.05) is 13.2 Å². The Morgan fingerprint density at radius 3 is 2.62 bits per heavy atom. The van der Waals surface area contributed by atoms with Crippen molar-refractivity contribution >= 4 is 11.6 Å². The molecule has 2 aromatic rings. The Morgan fingerprint density at radius 1 is 1.29 bits per heavy atom. The van der Waals surface area contributed by atoms with Crippen LogP contribution >= 0.6 is 11.6 Å². The fourth-order valence-corrected chi connectivity index (χ4v) is 2.54. The molecular formula is C16H22ClN3O. The van der Waals surface area contributed by atoms with Crippen LogP contribution in [-0.2, 0) is 13.1 Å². The third-order valence-electron chi connectivity index (χ3n) is 3.33. The summed E-state index contributed by atoms with van der Waals surface area (Å²) in [5, 5.41) is 17.4. The molecule has 0 fully saturated rings. The van der Waals surface area contributed by atoms with Gasteiger partial charge in [0.15, 0.2) is 0 Å². The lowest BCUT2D eigenvalue weighted by Gasteiger charge is -2.06. The third kappa shape index (κ3) is 4.06. The average molecular weight is 308 g/mol. The molecule has 0 atom stereocenters. The Kier molecular flexibility index (Phi) is 5.79. The molecule has 0 spiro atoms. The van der Waals surface area contributed by atoms with Gasteiger partial charge in [0.1, 0.15) is 5.15 Å². The van der Waals surface area contributed by atoms with Crippen molar-refractivity contribution in [3.8, 4) is 0 Å². The van der Waals surface area contributed by atoms with Gasteiger partial charge in [0.25, 0.3) is 0 Å². The summed E-state index contributed by atoms with van der Waals surface area (Å²) >= 11 is 6.50. The molecule has 0 radical (unpaired) electrons. The van der Waals surface area contributed by atoms with Gasteiger partial charge in [-0.15, -0.1) is 0 Å². The molecule has 1 heterocycles. The largest absolute Gasteiger partial charge is 0.395 e. The number of nitrogens with zero attached hydrogens (tertiary/aromatic N) is 2. The van der Waals surface area contributed by atoms with E-state index < -0.39 is 0 Å². The van der Waals surface area contributed by atoms with E-state index in [2.05, 4.69) is 36.4 Å². The molecule has 0 aliphatic rings. The maximum absolute atomic E-state index is 8.88. The van der Waals surface area contributed by atoms with E-state index in [-0.39, 0.29) is 6.61 Å².